The van der Waals surface area contributed by atoms with E-state index in [0.717, 1.165) is 24.0 Å². The van der Waals surface area contributed by atoms with Crippen LogP contribution in [-0.2, 0) is 27.7 Å². The summed E-state index contributed by atoms with van der Waals surface area (Å²) in [6.07, 6.45) is 3.03. The van der Waals surface area contributed by atoms with Crippen LogP contribution >= 0.6 is 11.6 Å². The first-order valence-electron chi connectivity index (χ1n) is 7.98. The molecule has 5 nitrogen and oxygen atoms in total. The van der Waals surface area contributed by atoms with Crippen LogP contribution in [0.25, 0.3) is 0 Å². The number of rotatable bonds is 4. The van der Waals surface area contributed by atoms with Crippen molar-refractivity contribution in [3.63, 3.8) is 0 Å². The highest BCUT2D eigenvalue weighted by atomic mass is 35.5. The Morgan fingerprint density at radius 3 is 2.60 bits per heavy atom. The summed E-state index contributed by atoms with van der Waals surface area (Å²) in [6.45, 7) is 0.494. The first-order chi connectivity index (χ1) is 11.8. The van der Waals surface area contributed by atoms with Crippen molar-refractivity contribution in [2.24, 2.45) is 0 Å². The Labute approximate surface area is 152 Å². The fraction of sp³-hybridized carbons (Fsp3) is 0.278. The molecule has 7 heteroatoms. The second-order valence-corrected chi connectivity index (χ2v) is 8.48. The predicted molar refractivity (Wildman–Crippen MR) is 101 cm³/mol. The summed E-state index contributed by atoms with van der Waals surface area (Å²) in [5.74, 6) is -0.127. The maximum atomic E-state index is 12.2. The Kier molecular flexibility index (Phi) is 5.01. The fourth-order valence-electron chi connectivity index (χ4n) is 2.98. The van der Waals surface area contributed by atoms with Gasteiger partial charge in [0.25, 0.3) is 0 Å². The maximum Gasteiger partial charge on any atom is 0.232 e. The molecule has 2 aromatic rings. The number of nitrogens with zero attached hydrogens (tertiary/aromatic N) is 1. The minimum atomic E-state index is -3.28. The Balaban J connectivity index is 1.74. The van der Waals surface area contributed by atoms with Gasteiger partial charge < -0.3 is 5.32 Å². The highest BCUT2D eigenvalue weighted by Crippen LogP contribution is 2.31. The second kappa shape index (κ2) is 7.06. The summed E-state index contributed by atoms with van der Waals surface area (Å²) in [5.41, 5.74) is 3.18. The molecule has 0 radical (unpaired) electrons. The molecule has 0 aromatic heterocycles. The normalized spacial score (nSPS) is 14.1. The number of carbonyl (C=O) groups is 1. The lowest BCUT2D eigenvalue weighted by Crippen LogP contribution is -2.34. The predicted octanol–water partition coefficient (Wildman–Crippen LogP) is 3.23. The van der Waals surface area contributed by atoms with Crippen LogP contribution in [0.1, 0.15) is 17.5 Å². The molecule has 1 N–H and O–H groups in total. The van der Waals surface area contributed by atoms with Crippen molar-refractivity contribution in [1.82, 2.24) is 0 Å². The van der Waals surface area contributed by atoms with Gasteiger partial charge in [-0.15, -0.1) is 0 Å². The third kappa shape index (κ3) is 4.32. The van der Waals surface area contributed by atoms with Crippen molar-refractivity contribution in [2.45, 2.75) is 19.3 Å². The first kappa shape index (κ1) is 17.8. The Morgan fingerprint density at radius 1 is 1.20 bits per heavy atom. The van der Waals surface area contributed by atoms with Gasteiger partial charge in [0, 0.05) is 17.3 Å². The molecule has 132 valence electrons. The molecule has 1 aliphatic heterocycles. The van der Waals surface area contributed by atoms with Crippen LogP contribution in [0.3, 0.4) is 0 Å². The molecule has 0 atom stereocenters. The quantitative estimate of drug-likeness (QED) is 0.888. The van der Waals surface area contributed by atoms with Gasteiger partial charge in [-0.05, 0) is 54.3 Å². The van der Waals surface area contributed by atoms with Crippen molar-refractivity contribution < 1.29 is 13.2 Å². The van der Waals surface area contributed by atoms with Gasteiger partial charge in [0.15, 0.2) is 0 Å². The summed E-state index contributed by atoms with van der Waals surface area (Å²) >= 11 is 5.84. The van der Waals surface area contributed by atoms with Crippen LogP contribution in [0.5, 0.6) is 0 Å². The largest absolute Gasteiger partial charge is 0.326 e. The van der Waals surface area contributed by atoms with Gasteiger partial charge in [0.2, 0.25) is 15.9 Å². The molecule has 0 saturated heterocycles. The molecule has 0 spiro atoms. The first-order valence-corrected chi connectivity index (χ1v) is 10.2. The third-order valence-corrected chi connectivity index (χ3v) is 5.55. The van der Waals surface area contributed by atoms with Crippen LogP contribution in [0.2, 0.25) is 5.02 Å². The van der Waals surface area contributed by atoms with E-state index in [1.165, 1.54) is 10.6 Å². The van der Waals surface area contributed by atoms with Crippen molar-refractivity contribution in [1.29, 1.82) is 0 Å². The standard InChI is InChI=1S/C18H19ClN2O3S/c1-25(23,24)21-10-2-3-14-12-16(8-9-17(14)21)20-18(22)11-13-4-6-15(19)7-5-13/h4-9,12H,2-3,10-11H2,1H3,(H,20,22). The van der Waals surface area contributed by atoms with E-state index >= 15 is 0 Å². The van der Waals surface area contributed by atoms with E-state index < -0.39 is 10.0 Å². The Bertz CT molecular complexity index is 895. The lowest BCUT2D eigenvalue weighted by atomic mass is 10.0. The maximum absolute atomic E-state index is 12.2. The van der Waals surface area contributed by atoms with Gasteiger partial charge in [-0.1, -0.05) is 23.7 Å². The van der Waals surface area contributed by atoms with Crippen LogP contribution in [0.15, 0.2) is 42.5 Å². The van der Waals surface area contributed by atoms with E-state index in [0.29, 0.717) is 22.9 Å². The molecule has 1 aliphatic rings. The van der Waals surface area contributed by atoms with E-state index in [1.54, 1.807) is 24.3 Å². The van der Waals surface area contributed by atoms with Crippen LogP contribution in [0.4, 0.5) is 11.4 Å². The van der Waals surface area contributed by atoms with Crippen LogP contribution in [-0.4, -0.2) is 27.1 Å². The SMILES string of the molecule is CS(=O)(=O)N1CCCc2cc(NC(=O)Cc3ccc(Cl)cc3)ccc21. The van der Waals surface area contributed by atoms with Gasteiger partial charge in [-0.25, -0.2) is 8.42 Å². The highest BCUT2D eigenvalue weighted by Gasteiger charge is 2.24. The molecule has 1 amide bonds. The van der Waals surface area contributed by atoms with Crippen LogP contribution in [0, 0.1) is 0 Å². The zero-order valence-electron chi connectivity index (χ0n) is 13.8. The number of fused-ring (bicyclic) bond motifs is 1. The van der Waals surface area contributed by atoms with Crippen molar-refractivity contribution >= 4 is 38.9 Å². The monoisotopic (exact) mass is 378 g/mol. The molecule has 0 unspecified atom stereocenters. The van der Waals surface area contributed by atoms with Crippen molar-refractivity contribution in [2.75, 3.05) is 22.4 Å². The Morgan fingerprint density at radius 2 is 1.92 bits per heavy atom. The molecule has 25 heavy (non-hydrogen) atoms. The molecule has 0 aliphatic carbocycles. The van der Waals surface area contributed by atoms with Crippen LogP contribution < -0.4 is 9.62 Å². The van der Waals surface area contributed by atoms with E-state index in [2.05, 4.69) is 5.32 Å². The van der Waals surface area contributed by atoms with E-state index in [9.17, 15) is 13.2 Å². The Hall–Kier alpha value is -2.05. The van der Waals surface area contributed by atoms with E-state index in [1.807, 2.05) is 18.2 Å². The molecule has 0 bridgehead atoms. The number of sulfonamides is 1. The second-order valence-electron chi connectivity index (χ2n) is 6.13. The van der Waals surface area contributed by atoms with Crippen molar-refractivity contribution in [3.05, 3.63) is 58.6 Å². The number of carbonyl (C=O) groups excluding carboxylic acids is 1. The number of aryl methyl sites for hydroxylation is 1. The lowest BCUT2D eigenvalue weighted by Gasteiger charge is -2.29. The number of benzene rings is 2. The molecule has 2 aromatic carbocycles. The molecule has 3 rings (SSSR count). The molecule has 0 fully saturated rings. The van der Waals surface area contributed by atoms with Gasteiger partial charge in [0.05, 0.1) is 18.4 Å². The number of anilines is 2. The topological polar surface area (TPSA) is 66.5 Å². The number of halogens is 1. The zero-order chi connectivity index (χ0) is 18.0. The van der Waals surface area contributed by atoms with Gasteiger partial charge in [0.1, 0.15) is 0 Å². The van der Waals surface area contributed by atoms with Crippen molar-refractivity contribution in [3.8, 4) is 0 Å². The number of hydrogen-bond acceptors (Lipinski definition) is 3. The summed E-state index contributed by atoms with van der Waals surface area (Å²) in [5, 5.41) is 3.50. The number of nitrogens with one attached hydrogen (secondary N) is 1. The smallest absolute Gasteiger partial charge is 0.232 e. The van der Waals surface area contributed by atoms with E-state index in [4.69, 9.17) is 11.6 Å². The van der Waals surface area contributed by atoms with Gasteiger partial charge >= 0.3 is 0 Å². The number of hydrogen-bond donors (Lipinski definition) is 1. The average molecular weight is 379 g/mol. The molecular weight excluding hydrogens is 360 g/mol. The van der Waals surface area contributed by atoms with Gasteiger partial charge in [-0.2, -0.15) is 0 Å². The van der Waals surface area contributed by atoms with E-state index in [-0.39, 0.29) is 12.3 Å². The fourth-order valence-corrected chi connectivity index (χ4v) is 4.10. The summed E-state index contributed by atoms with van der Waals surface area (Å²) in [7, 11) is -3.28. The zero-order valence-corrected chi connectivity index (χ0v) is 15.4. The highest BCUT2D eigenvalue weighted by molar-refractivity contribution is 7.92. The molecular formula is C18H19ClN2O3S. The number of amides is 1. The molecule has 1 heterocycles. The average Bonchev–Trinajstić information content (AvgIpc) is 2.55. The summed E-state index contributed by atoms with van der Waals surface area (Å²) in [6, 6.07) is 12.5. The lowest BCUT2D eigenvalue weighted by molar-refractivity contribution is -0.115. The van der Waals surface area contributed by atoms with Gasteiger partial charge in [-0.3, -0.25) is 9.10 Å². The summed E-state index contributed by atoms with van der Waals surface area (Å²) < 4.78 is 25.2. The summed E-state index contributed by atoms with van der Waals surface area (Å²) in [4.78, 5) is 12.2. The minimum Gasteiger partial charge on any atom is -0.326 e. The molecule has 0 saturated carbocycles. The third-order valence-electron chi connectivity index (χ3n) is 4.12. The minimum absolute atomic E-state index is 0.127.